The molecular weight excluding hydrogens is 372 g/mol. The second-order valence-electron chi connectivity index (χ2n) is 6.40. The minimum Gasteiger partial charge on any atom is -0.494 e. The van der Waals surface area contributed by atoms with Crippen LogP contribution in [-0.2, 0) is 4.74 Å². The van der Waals surface area contributed by atoms with Gasteiger partial charge in [0.05, 0.1) is 6.61 Å². The summed E-state index contributed by atoms with van der Waals surface area (Å²) in [5, 5.41) is 1.85. The predicted molar refractivity (Wildman–Crippen MR) is 111 cm³/mol. The SMILES string of the molecule is CCOc1ccc(C(=O)[C@H](C)OC(=O)c2sccc2-c2ccc(C)cc2)cc1. The Hall–Kier alpha value is -2.92. The zero-order valence-corrected chi connectivity index (χ0v) is 16.9. The van der Waals surface area contributed by atoms with Crippen molar-refractivity contribution >= 4 is 23.1 Å². The highest BCUT2D eigenvalue weighted by atomic mass is 32.1. The minimum atomic E-state index is -0.876. The van der Waals surface area contributed by atoms with Crippen molar-refractivity contribution in [1.29, 1.82) is 0 Å². The Bertz CT molecular complexity index is 955. The van der Waals surface area contributed by atoms with Crippen LogP contribution in [0.15, 0.2) is 60.0 Å². The number of ether oxygens (including phenoxy) is 2. The first-order chi connectivity index (χ1) is 13.5. The summed E-state index contributed by atoms with van der Waals surface area (Å²) >= 11 is 1.31. The van der Waals surface area contributed by atoms with E-state index in [9.17, 15) is 9.59 Å². The Balaban J connectivity index is 1.71. The molecule has 1 aromatic heterocycles. The van der Waals surface area contributed by atoms with E-state index in [0.717, 1.165) is 16.7 Å². The van der Waals surface area contributed by atoms with Gasteiger partial charge in [-0.15, -0.1) is 11.3 Å². The van der Waals surface area contributed by atoms with E-state index in [4.69, 9.17) is 9.47 Å². The van der Waals surface area contributed by atoms with E-state index in [1.54, 1.807) is 31.2 Å². The van der Waals surface area contributed by atoms with Crippen molar-refractivity contribution in [2.45, 2.75) is 26.9 Å². The number of benzene rings is 2. The van der Waals surface area contributed by atoms with E-state index >= 15 is 0 Å². The fourth-order valence-corrected chi connectivity index (χ4v) is 3.61. The third-order valence-electron chi connectivity index (χ3n) is 4.32. The number of esters is 1. The molecule has 0 radical (unpaired) electrons. The first-order valence-corrected chi connectivity index (χ1v) is 10.00. The maximum absolute atomic E-state index is 12.7. The third-order valence-corrected chi connectivity index (χ3v) is 5.21. The first kappa shape index (κ1) is 19.8. The second kappa shape index (κ2) is 8.85. The van der Waals surface area contributed by atoms with Crippen molar-refractivity contribution in [3.63, 3.8) is 0 Å². The molecule has 0 aliphatic heterocycles. The molecule has 0 saturated carbocycles. The monoisotopic (exact) mass is 394 g/mol. The number of carbonyl (C=O) groups excluding carboxylic acids is 2. The van der Waals surface area contributed by atoms with Crippen LogP contribution in [0.5, 0.6) is 5.75 Å². The summed E-state index contributed by atoms with van der Waals surface area (Å²) < 4.78 is 10.8. The second-order valence-corrected chi connectivity index (χ2v) is 7.31. The van der Waals surface area contributed by atoms with Crippen LogP contribution in [0.3, 0.4) is 0 Å². The molecule has 0 amide bonds. The largest absolute Gasteiger partial charge is 0.494 e. The molecule has 144 valence electrons. The number of Topliss-reactive ketones (excluding diaryl/α,β-unsaturated/α-hetero) is 1. The van der Waals surface area contributed by atoms with Gasteiger partial charge in [-0.25, -0.2) is 4.79 Å². The van der Waals surface area contributed by atoms with E-state index < -0.39 is 12.1 Å². The summed E-state index contributed by atoms with van der Waals surface area (Å²) in [4.78, 5) is 25.8. The average molecular weight is 394 g/mol. The fourth-order valence-electron chi connectivity index (χ4n) is 2.81. The molecule has 1 atom stereocenters. The van der Waals surface area contributed by atoms with Crippen LogP contribution >= 0.6 is 11.3 Å². The van der Waals surface area contributed by atoms with Crippen LogP contribution < -0.4 is 4.74 Å². The standard InChI is InChI=1S/C23H22O4S/c1-4-26-19-11-9-18(10-12-19)21(24)16(3)27-23(25)22-20(13-14-28-22)17-7-5-15(2)6-8-17/h5-14,16H,4H2,1-3H3/t16-/m0/s1. The molecule has 0 unspecified atom stereocenters. The quantitative estimate of drug-likeness (QED) is 0.389. The minimum absolute atomic E-state index is 0.246. The highest BCUT2D eigenvalue weighted by molar-refractivity contribution is 7.12. The highest BCUT2D eigenvalue weighted by Gasteiger charge is 2.23. The molecule has 1 heterocycles. The van der Waals surface area contributed by atoms with Crippen LogP contribution in [0.25, 0.3) is 11.1 Å². The Labute approximate surface area is 168 Å². The lowest BCUT2D eigenvalue weighted by atomic mass is 10.0. The lowest BCUT2D eigenvalue weighted by molar-refractivity contribution is 0.0324. The van der Waals surface area contributed by atoms with Crippen LogP contribution in [-0.4, -0.2) is 24.5 Å². The van der Waals surface area contributed by atoms with Gasteiger partial charge in [0.2, 0.25) is 5.78 Å². The van der Waals surface area contributed by atoms with Crippen molar-refractivity contribution in [2.75, 3.05) is 6.61 Å². The number of hydrogen-bond donors (Lipinski definition) is 0. The Morgan fingerprint density at radius 2 is 1.68 bits per heavy atom. The molecule has 0 bridgehead atoms. The molecule has 0 fully saturated rings. The van der Waals surface area contributed by atoms with E-state index in [1.165, 1.54) is 11.3 Å². The van der Waals surface area contributed by atoms with Gasteiger partial charge >= 0.3 is 5.97 Å². The normalized spacial score (nSPS) is 11.7. The molecule has 5 heteroatoms. The molecule has 0 saturated heterocycles. The molecule has 0 N–H and O–H groups in total. The van der Waals surface area contributed by atoms with Crippen molar-refractivity contribution in [3.8, 4) is 16.9 Å². The van der Waals surface area contributed by atoms with Gasteiger partial charge in [0.25, 0.3) is 0 Å². The molecule has 3 aromatic rings. The first-order valence-electron chi connectivity index (χ1n) is 9.12. The van der Waals surface area contributed by atoms with Gasteiger partial charge in [0, 0.05) is 11.1 Å². The summed E-state index contributed by atoms with van der Waals surface area (Å²) in [6, 6.07) is 16.7. The van der Waals surface area contributed by atoms with Gasteiger partial charge in [-0.1, -0.05) is 29.8 Å². The van der Waals surface area contributed by atoms with E-state index in [2.05, 4.69) is 0 Å². The molecule has 0 spiro atoms. The highest BCUT2D eigenvalue weighted by Crippen LogP contribution is 2.29. The Morgan fingerprint density at radius 3 is 2.32 bits per heavy atom. The molecule has 3 rings (SSSR count). The summed E-state index contributed by atoms with van der Waals surface area (Å²) in [7, 11) is 0. The number of ketones is 1. The van der Waals surface area contributed by atoms with Crippen molar-refractivity contribution in [1.82, 2.24) is 0 Å². The van der Waals surface area contributed by atoms with E-state index in [1.807, 2.05) is 49.6 Å². The van der Waals surface area contributed by atoms with Crippen molar-refractivity contribution in [3.05, 3.63) is 76.0 Å². The average Bonchev–Trinajstić information content (AvgIpc) is 3.19. The fraction of sp³-hybridized carbons (Fsp3) is 0.217. The molecule has 0 aliphatic carbocycles. The number of hydrogen-bond acceptors (Lipinski definition) is 5. The summed E-state index contributed by atoms with van der Waals surface area (Å²) in [5.74, 6) is -0.0350. The molecular formula is C23H22O4S. The van der Waals surface area contributed by atoms with Gasteiger partial charge < -0.3 is 9.47 Å². The van der Waals surface area contributed by atoms with Gasteiger partial charge in [0.1, 0.15) is 10.6 Å². The van der Waals surface area contributed by atoms with Gasteiger partial charge in [-0.2, -0.15) is 0 Å². The van der Waals surface area contributed by atoms with Crippen LogP contribution in [0.4, 0.5) is 0 Å². The van der Waals surface area contributed by atoms with E-state index in [-0.39, 0.29) is 5.78 Å². The molecule has 4 nitrogen and oxygen atoms in total. The van der Waals surface area contributed by atoms with Gasteiger partial charge in [0.15, 0.2) is 6.10 Å². The summed E-state index contributed by atoms with van der Waals surface area (Å²) in [6.45, 7) is 6.07. The number of thiophene rings is 1. The van der Waals surface area contributed by atoms with Crippen LogP contribution in [0.2, 0.25) is 0 Å². The van der Waals surface area contributed by atoms with Crippen LogP contribution in [0, 0.1) is 6.92 Å². The molecule has 28 heavy (non-hydrogen) atoms. The summed E-state index contributed by atoms with van der Waals surface area (Å²) in [6.07, 6.45) is -0.876. The van der Waals surface area contributed by atoms with E-state index in [0.29, 0.717) is 22.8 Å². The third kappa shape index (κ3) is 4.49. The van der Waals surface area contributed by atoms with Gasteiger partial charge in [-0.05, 0) is 62.0 Å². The predicted octanol–water partition coefficient (Wildman–Crippen LogP) is 5.55. The molecule has 2 aromatic carbocycles. The van der Waals surface area contributed by atoms with Crippen molar-refractivity contribution in [2.24, 2.45) is 0 Å². The van der Waals surface area contributed by atoms with Gasteiger partial charge in [-0.3, -0.25) is 4.79 Å². The summed E-state index contributed by atoms with van der Waals surface area (Å²) in [5.41, 5.74) is 3.39. The smallest absolute Gasteiger partial charge is 0.349 e. The number of carbonyl (C=O) groups is 2. The van der Waals surface area contributed by atoms with Crippen molar-refractivity contribution < 1.29 is 19.1 Å². The zero-order valence-electron chi connectivity index (χ0n) is 16.1. The Kier molecular flexibility index (Phi) is 6.26. The zero-order chi connectivity index (χ0) is 20.1. The maximum atomic E-state index is 12.7. The topological polar surface area (TPSA) is 52.6 Å². The lowest BCUT2D eigenvalue weighted by Crippen LogP contribution is -2.24. The number of rotatable bonds is 7. The molecule has 0 aliphatic rings. The lowest BCUT2D eigenvalue weighted by Gasteiger charge is -2.13. The Morgan fingerprint density at radius 1 is 1.00 bits per heavy atom. The maximum Gasteiger partial charge on any atom is 0.349 e. The number of aryl methyl sites for hydroxylation is 1. The van der Waals surface area contributed by atoms with Crippen LogP contribution in [0.1, 0.15) is 39.4 Å².